The van der Waals surface area contributed by atoms with Crippen LogP contribution in [0.15, 0.2) is 21.1 Å². The minimum Gasteiger partial charge on any atom is -0.495 e. The van der Waals surface area contributed by atoms with Crippen LogP contribution in [-0.2, 0) is 4.79 Å². The lowest BCUT2D eigenvalue weighted by atomic mass is 10.2. The number of carbonyl (C=O) groups excluding carboxylic acids is 1. The molecule has 0 saturated carbocycles. The van der Waals surface area contributed by atoms with Gasteiger partial charge in [-0.25, -0.2) is 9.59 Å². The molecule has 0 radical (unpaired) electrons. The zero-order valence-electron chi connectivity index (χ0n) is 10.9. The van der Waals surface area contributed by atoms with E-state index in [1.165, 1.54) is 7.11 Å². The number of aliphatic carboxylic acids is 1. The third-order valence-electron chi connectivity index (χ3n) is 2.50. The number of methoxy groups -OCH3 is 1. The number of carbonyl (C=O) groups is 2. The number of carboxylic acid groups (broad SMARTS) is 1. The van der Waals surface area contributed by atoms with Crippen molar-refractivity contribution < 1.29 is 19.4 Å². The molecule has 0 fully saturated rings. The SMILES string of the molecule is CCC(NC(=O)Nc1cc(OC)c(Br)cc1Br)C(=O)O. The van der Waals surface area contributed by atoms with Gasteiger partial charge in [-0.3, -0.25) is 0 Å². The maximum atomic E-state index is 11.8. The number of anilines is 1. The molecular formula is C12H14Br2N2O4. The lowest BCUT2D eigenvalue weighted by Gasteiger charge is -2.15. The Hall–Kier alpha value is -1.28. The zero-order valence-corrected chi connectivity index (χ0v) is 14.0. The van der Waals surface area contributed by atoms with Crippen molar-refractivity contribution in [3.8, 4) is 5.75 Å². The molecule has 110 valence electrons. The Morgan fingerprint density at radius 1 is 1.35 bits per heavy atom. The maximum Gasteiger partial charge on any atom is 0.326 e. The van der Waals surface area contributed by atoms with E-state index >= 15 is 0 Å². The average Bonchev–Trinajstić information content (AvgIpc) is 2.38. The molecule has 0 aliphatic carbocycles. The van der Waals surface area contributed by atoms with Crippen LogP contribution in [0.2, 0.25) is 0 Å². The highest BCUT2D eigenvalue weighted by atomic mass is 79.9. The van der Waals surface area contributed by atoms with Crippen LogP contribution in [-0.4, -0.2) is 30.3 Å². The predicted molar refractivity (Wildman–Crippen MR) is 82.3 cm³/mol. The first-order valence-electron chi connectivity index (χ1n) is 5.72. The first kappa shape index (κ1) is 16.8. The summed E-state index contributed by atoms with van der Waals surface area (Å²) in [7, 11) is 1.51. The number of rotatable bonds is 5. The van der Waals surface area contributed by atoms with Crippen LogP contribution in [0, 0.1) is 0 Å². The van der Waals surface area contributed by atoms with Crippen molar-refractivity contribution in [1.82, 2.24) is 5.32 Å². The highest BCUT2D eigenvalue weighted by molar-refractivity contribution is 9.11. The topological polar surface area (TPSA) is 87.7 Å². The van der Waals surface area contributed by atoms with Gasteiger partial charge in [0, 0.05) is 10.5 Å². The Morgan fingerprint density at radius 3 is 2.50 bits per heavy atom. The van der Waals surface area contributed by atoms with Crippen molar-refractivity contribution in [2.75, 3.05) is 12.4 Å². The van der Waals surface area contributed by atoms with Crippen molar-refractivity contribution in [1.29, 1.82) is 0 Å². The lowest BCUT2D eigenvalue weighted by Crippen LogP contribution is -2.42. The molecule has 1 unspecified atom stereocenters. The van der Waals surface area contributed by atoms with Crippen LogP contribution < -0.4 is 15.4 Å². The predicted octanol–water partition coefficient (Wildman–Crippen LogP) is 3.20. The number of amides is 2. The second-order valence-electron chi connectivity index (χ2n) is 3.86. The van der Waals surface area contributed by atoms with E-state index in [1.54, 1.807) is 19.1 Å². The van der Waals surface area contributed by atoms with E-state index in [-0.39, 0.29) is 0 Å². The van der Waals surface area contributed by atoms with Gasteiger partial charge >= 0.3 is 12.0 Å². The van der Waals surface area contributed by atoms with Crippen LogP contribution >= 0.6 is 31.9 Å². The monoisotopic (exact) mass is 408 g/mol. The molecule has 8 heteroatoms. The molecule has 0 aromatic heterocycles. The first-order valence-corrected chi connectivity index (χ1v) is 7.31. The number of hydrogen-bond donors (Lipinski definition) is 3. The zero-order chi connectivity index (χ0) is 15.3. The lowest BCUT2D eigenvalue weighted by molar-refractivity contribution is -0.139. The van der Waals surface area contributed by atoms with Crippen molar-refractivity contribution in [2.24, 2.45) is 0 Å². The van der Waals surface area contributed by atoms with Crippen LogP contribution in [0.5, 0.6) is 5.75 Å². The van der Waals surface area contributed by atoms with Gasteiger partial charge in [-0.2, -0.15) is 0 Å². The first-order chi connectivity index (χ1) is 9.38. The number of nitrogens with one attached hydrogen (secondary N) is 2. The van der Waals surface area contributed by atoms with E-state index in [1.807, 2.05) is 0 Å². The van der Waals surface area contributed by atoms with Crippen LogP contribution in [0.4, 0.5) is 10.5 Å². The molecule has 0 spiro atoms. The molecule has 1 rings (SSSR count). The number of carboxylic acids is 1. The highest BCUT2D eigenvalue weighted by Crippen LogP contribution is 2.34. The Labute approximate surface area is 133 Å². The maximum absolute atomic E-state index is 11.8. The molecule has 20 heavy (non-hydrogen) atoms. The summed E-state index contributed by atoms with van der Waals surface area (Å²) in [6, 6.07) is 1.83. The van der Waals surface area contributed by atoms with Gasteiger partial charge in [0.2, 0.25) is 0 Å². The summed E-state index contributed by atoms with van der Waals surface area (Å²) in [4.78, 5) is 22.6. The van der Waals surface area contributed by atoms with Gasteiger partial charge in [-0.15, -0.1) is 0 Å². The van der Waals surface area contributed by atoms with E-state index in [0.717, 1.165) is 4.47 Å². The fraction of sp³-hybridized carbons (Fsp3) is 0.333. The Bertz CT molecular complexity index is 522. The number of urea groups is 1. The number of hydrogen-bond acceptors (Lipinski definition) is 3. The molecule has 0 aliphatic rings. The molecule has 2 amide bonds. The Kier molecular flexibility index (Phi) is 6.28. The molecule has 3 N–H and O–H groups in total. The summed E-state index contributed by atoms with van der Waals surface area (Å²) >= 11 is 6.62. The van der Waals surface area contributed by atoms with E-state index in [2.05, 4.69) is 42.5 Å². The molecule has 1 aromatic carbocycles. The molecule has 6 nitrogen and oxygen atoms in total. The van der Waals surface area contributed by atoms with Crippen molar-refractivity contribution in [3.05, 3.63) is 21.1 Å². The van der Waals surface area contributed by atoms with E-state index in [4.69, 9.17) is 9.84 Å². The van der Waals surface area contributed by atoms with E-state index in [9.17, 15) is 9.59 Å². The summed E-state index contributed by atoms with van der Waals surface area (Å²) in [5.41, 5.74) is 0.475. The van der Waals surface area contributed by atoms with Gasteiger partial charge in [-0.05, 0) is 44.3 Å². The molecule has 0 saturated heterocycles. The quantitative estimate of drug-likeness (QED) is 0.696. The fourth-order valence-electron chi connectivity index (χ4n) is 1.44. The van der Waals surface area contributed by atoms with Crippen LogP contribution in [0.1, 0.15) is 13.3 Å². The summed E-state index contributed by atoms with van der Waals surface area (Å²) < 4.78 is 6.50. The number of ether oxygens (including phenoxy) is 1. The van der Waals surface area contributed by atoms with Gasteiger partial charge < -0.3 is 20.5 Å². The number of halogens is 2. The summed E-state index contributed by atoms with van der Waals surface area (Å²) in [6.45, 7) is 1.68. The third kappa shape index (κ3) is 4.38. The molecule has 0 heterocycles. The van der Waals surface area contributed by atoms with Crippen LogP contribution in [0.25, 0.3) is 0 Å². The molecule has 1 atom stereocenters. The van der Waals surface area contributed by atoms with Gasteiger partial charge in [-0.1, -0.05) is 6.92 Å². The summed E-state index contributed by atoms with van der Waals surface area (Å²) in [5.74, 6) is -0.524. The Morgan fingerprint density at radius 2 is 2.00 bits per heavy atom. The highest BCUT2D eigenvalue weighted by Gasteiger charge is 2.18. The third-order valence-corrected chi connectivity index (χ3v) is 3.78. The van der Waals surface area contributed by atoms with E-state index in [0.29, 0.717) is 22.3 Å². The second-order valence-corrected chi connectivity index (χ2v) is 5.57. The minimum absolute atomic E-state index is 0.299. The Balaban J connectivity index is 2.83. The molecular weight excluding hydrogens is 396 g/mol. The van der Waals surface area contributed by atoms with Crippen molar-refractivity contribution in [2.45, 2.75) is 19.4 Å². The van der Waals surface area contributed by atoms with Gasteiger partial charge in [0.25, 0.3) is 0 Å². The molecule has 1 aromatic rings. The van der Waals surface area contributed by atoms with Gasteiger partial charge in [0.15, 0.2) is 0 Å². The second kappa shape index (κ2) is 7.49. The largest absolute Gasteiger partial charge is 0.495 e. The summed E-state index contributed by atoms with van der Waals surface area (Å²) in [5, 5.41) is 13.8. The molecule has 0 aliphatic heterocycles. The van der Waals surface area contributed by atoms with Crippen molar-refractivity contribution >= 4 is 49.5 Å². The average molecular weight is 410 g/mol. The van der Waals surface area contributed by atoms with Gasteiger partial charge in [0.05, 0.1) is 17.3 Å². The smallest absolute Gasteiger partial charge is 0.326 e. The number of benzene rings is 1. The normalized spacial score (nSPS) is 11.6. The fourth-order valence-corrected chi connectivity index (χ4v) is 2.69. The van der Waals surface area contributed by atoms with Crippen LogP contribution in [0.3, 0.4) is 0 Å². The molecule has 0 bridgehead atoms. The van der Waals surface area contributed by atoms with Gasteiger partial charge in [0.1, 0.15) is 11.8 Å². The van der Waals surface area contributed by atoms with E-state index < -0.39 is 18.0 Å². The standard InChI is InChI=1S/C12H14Br2N2O4/c1-3-8(11(17)18)15-12(19)16-9-5-10(20-2)7(14)4-6(9)13/h4-5,8H,3H2,1-2H3,(H,17,18)(H2,15,16,19). The minimum atomic E-state index is -1.07. The van der Waals surface area contributed by atoms with Crippen molar-refractivity contribution in [3.63, 3.8) is 0 Å². The summed E-state index contributed by atoms with van der Waals surface area (Å²) in [6.07, 6.45) is 0.299.